The smallest absolute Gasteiger partial charge is 0.273 e. The van der Waals surface area contributed by atoms with Gasteiger partial charge < -0.3 is 19.7 Å². The van der Waals surface area contributed by atoms with E-state index >= 15 is 0 Å². The third-order valence-corrected chi connectivity index (χ3v) is 6.63. The molecule has 5 rings (SSSR count). The second-order valence-corrected chi connectivity index (χ2v) is 8.98. The van der Waals surface area contributed by atoms with Crippen LogP contribution < -0.4 is 14.8 Å². The molecule has 1 aromatic heterocycles. The van der Waals surface area contributed by atoms with Gasteiger partial charge in [-0.15, -0.1) is 0 Å². The molecule has 0 saturated heterocycles. The Morgan fingerprint density at radius 1 is 1.12 bits per heavy atom. The van der Waals surface area contributed by atoms with Crippen molar-refractivity contribution in [1.82, 2.24) is 20.0 Å². The van der Waals surface area contributed by atoms with Gasteiger partial charge in [0.2, 0.25) is 5.91 Å². The first-order valence-electron chi connectivity index (χ1n) is 11.4. The molecule has 34 heavy (non-hydrogen) atoms. The van der Waals surface area contributed by atoms with Crippen molar-refractivity contribution >= 4 is 11.8 Å². The number of nitrogens with one attached hydrogen (secondary N) is 1. The van der Waals surface area contributed by atoms with Gasteiger partial charge in [-0.05, 0) is 56.2 Å². The summed E-state index contributed by atoms with van der Waals surface area (Å²) in [5.74, 6) is 1.11. The molecule has 2 aromatic carbocycles. The van der Waals surface area contributed by atoms with Crippen molar-refractivity contribution in [1.29, 1.82) is 0 Å². The molecule has 0 radical (unpaired) electrons. The summed E-state index contributed by atoms with van der Waals surface area (Å²) in [7, 11) is 3.23. The molecule has 1 atom stereocenters. The third-order valence-electron chi connectivity index (χ3n) is 6.63. The van der Waals surface area contributed by atoms with Crippen LogP contribution in [0, 0.1) is 0 Å². The summed E-state index contributed by atoms with van der Waals surface area (Å²) in [6.45, 7) is 2.44. The van der Waals surface area contributed by atoms with Crippen LogP contribution in [-0.4, -0.2) is 52.3 Å². The number of carbonyl (C=O) groups excluding carboxylic acids is 2. The van der Waals surface area contributed by atoms with Crippen molar-refractivity contribution in [2.75, 3.05) is 14.2 Å². The highest BCUT2D eigenvalue weighted by atomic mass is 16.5. The summed E-state index contributed by atoms with van der Waals surface area (Å²) in [5.41, 5.74) is 1.92. The maximum absolute atomic E-state index is 13.6. The van der Waals surface area contributed by atoms with Crippen molar-refractivity contribution in [3.8, 4) is 22.8 Å². The van der Waals surface area contributed by atoms with Crippen LogP contribution in [0.25, 0.3) is 11.3 Å². The van der Waals surface area contributed by atoms with Gasteiger partial charge in [-0.1, -0.05) is 18.2 Å². The molecule has 2 amide bonds. The van der Waals surface area contributed by atoms with Crippen LogP contribution >= 0.6 is 0 Å². The van der Waals surface area contributed by atoms with Crippen LogP contribution in [0.2, 0.25) is 0 Å². The zero-order valence-electron chi connectivity index (χ0n) is 19.6. The molecule has 2 heterocycles. The number of para-hydroxylation sites is 1. The number of fused-ring (bicyclic) bond motifs is 1. The van der Waals surface area contributed by atoms with Crippen molar-refractivity contribution in [2.45, 2.75) is 44.4 Å². The Morgan fingerprint density at radius 2 is 1.85 bits per heavy atom. The van der Waals surface area contributed by atoms with Gasteiger partial charge >= 0.3 is 0 Å². The minimum atomic E-state index is -1.05. The number of hydrogen-bond acceptors (Lipinski definition) is 5. The molecule has 1 N–H and O–H groups in total. The quantitative estimate of drug-likeness (QED) is 0.585. The number of aromatic nitrogens is 2. The predicted molar refractivity (Wildman–Crippen MR) is 127 cm³/mol. The Bertz CT molecular complexity index is 1230. The van der Waals surface area contributed by atoms with Gasteiger partial charge in [-0.25, -0.2) is 0 Å². The molecule has 176 valence electrons. The maximum Gasteiger partial charge on any atom is 0.273 e. The number of methoxy groups -OCH3 is 2. The van der Waals surface area contributed by atoms with E-state index in [1.165, 1.54) is 0 Å². The molecule has 0 spiro atoms. The molecule has 1 fully saturated rings. The van der Waals surface area contributed by atoms with E-state index in [0.29, 0.717) is 30.2 Å². The number of carbonyl (C=O) groups is 2. The average Bonchev–Trinajstić information content (AvgIpc) is 3.60. The van der Waals surface area contributed by atoms with Crippen LogP contribution in [0.15, 0.2) is 54.6 Å². The number of rotatable bonds is 7. The lowest BCUT2D eigenvalue weighted by molar-refractivity contribution is -0.133. The van der Waals surface area contributed by atoms with Gasteiger partial charge in [0.25, 0.3) is 5.91 Å². The summed E-state index contributed by atoms with van der Waals surface area (Å²) in [6.07, 6.45) is 1.81. The predicted octanol–water partition coefficient (Wildman–Crippen LogP) is 3.26. The van der Waals surface area contributed by atoms with E-state index in [4.69, 9.17) is 14.6 Å². The molecular weight excluding hydrogens is 432 g/mol. The first kappa shape index (κ1) is 22.0. The number of benzene rings is 2. The van der Waals surface area contributed by atoms with E-state index in [1.807, 2.05) is 61.5 Å². The minimum absolute atomic E-state index is 0.0718. The topological polar surface area (TPSA) is 85.7 Å². The molecule has 1 saturated carbocycles. The Hall–Kier alpha value is -3.81. The molecule has 8 heteroatoms. The summed E-state index contributed by atoms with van der Waals surface area (Å²) in [5, 5.41) is 7.72. The van der Waals surface area contributed by atoms with E-state index in [1.54, 1.807) is 23.8 Å². The summed E-state index contributed by atoms with van der Waals surface area (Å²) in [4.78, 5) is 28.9. The summed E-state index contributed by atoms with van der Waals surface area (Å²) in [6, 6.07) is 17.0. The maximum atomic E-state index is 13.6. The van der Waals surface area contributed by atoms with E-state index in [0.717, 1.165) is 29.7 Å². The lowest BCUT2D eigenvalue weighted by Crippen LogP contribution is -2.64. The van der Waals surface area contributed by atoms with Crippen molar-refractivity contribution in [3.63, 3.8) is 0 Å². The first-order valence-corrected chi connectivity index (χ1v) is 11.4. The van der Waals surface area contributed by atoms with Crippen molar-refractivity contribution < 1.29 is 19.1 Å². The fourth-order valence-electron chi connectivity index (χ4n) is 4.63. The molecule has 1 aliphatic heterocycles. The van der Waals surface area contributed by atoms with Crippen molar-refractivity contribution in [3.05, 3.63) is 65.9 Å². The minimum Gasteiger partial charge on any atom is -0.497 e. The van der Waals surface area contributed by atoms with Crippen LogP contribution in [0.4, 0.5) is 0 Å². The van der Waals surface area contributed by atoms with Crippen LogP contribution in [-0.2, 0) is 17.9 Å². The number of amides is 2. The van der Waals surface area contributed by atoms with Gasteiger partial charge in [0.05, 0.1) is 26.5 Å². The van der Waals surface area contributed by atoms with Gasteiger partial charge in [-0.3, -0.25) is 14.3 Å². The van der Waals surface area contributed by atoms with Crippen LogP contribution in [0.1, 0.15) is 35.8 Å². The monoisotopic (exact) mass is 460 g/mol. The zero-order chi connectivity index (χ0) is 23.9. The van der Waals surface area contributed by atoms with Gasteiger partial charge in [0.15, 0.2) is 0 Å². The molecule has 3 aromatic rings. The van der Waals surface area contributed by atoms with Crippen molar-refractivity contribution in [2.24, 2.45) is 0 Å². The highest BCUT2D eigenvalue weighted by Gasteiger charge is 2.53. The molecule has 0 bridgehead atoms. The molecule has 1 unspecified atom stereocenters. The molecule has 2 aliphatic rings. The second-order valence-electron chi connectivity index (χ2n) is 8.98. The number of ether oxygens (including phenoxy) is 2. The SMILES string of the molecule is COc1ccc(-c2cc3n(n2)CC(C)(C(=O)NCc2ccccc2OC)N(C2CC2)C3=O)cc1. The van der Waals surface area contributed by atoms with E-state index in [9.17, 15) is 9.59 Å². The van der Waals surface area contributed by atoms with E-state index < -0.39 is 5.54 Å². The van der Waals surface area contributed by atoms with Gasteiger partial charge in [0, 0.05) is 23.7 Å². The van der Waals surface area contributed by atoms with Gasteiger partial charge in [0.1, 0.15) is 22.7 Å². The van der Waals surface area contributed by atoms with E-state index in [2.05, 4.69) is 5.32 Å². The average molecular weight is 461 g/mol. The lowest BCUT2D eigenvalue weighted by Gasteiger charge is -2.43. The lowest BCUT2D eigenvalue weighted by atomic mass is 9.94. The fourth-order valence-corrected chi connectivity index (χ4v) is 4.63. The third kappa shape index (κ3) is 3.79. The number of nitrogens with zero attached hydrogens (tertiary/aromatic N) is 3. The standard InChI is InChI=1S/C26H28N4O4/c1-26(25(32)27-15-18-6-4-5-7-23(18)34-3)16-29-22(24(31)30(26)19-10-11-19)14-21(28-29)17-8-12-20(33-2)13-9-17/h4-9,12-14,19H,10-11,15-16H2,1-3H3,(H,27,32). The Balaban J connectivity index is 1.43. The van der Waals surface area contributed by atoms with E-state index in [-0.39, 0.29) is 17.9 Å². The fraction of sp³-hybridized carbons (Fsp3) is 0.346. The van der Waals surface area contributed by atoms with Crippen LogP contribution in [0.5, 0.6) is 11.5 Å². The highest BCUT2D eigenvalue weighted by Crippen LogP contribution is 2.39. The first-order chi connectivity index (χ1) is 16.4. The summed E-state index contributed by atoms with van der Waals surface area (Å²) < 4.78 is 12.3. The Kier molecular flexibility index (Phi) is 5.51. The number of hydrogen-bond donors (Lipinski definition) is 1. The molecular formula is C26H28N4O4. The highest BCUT2D eigenvalue weighted by molar-refractivity contribution is 6.00. The largest absolute Gasteiger partial charge is 0.497 e. The summed E-state index contributed by atoms with van der Waals surface area (Å²) >= 11 is 0. The normalized spacial score (nSPS) is 19.5. The Morgan fingerprint density at radius 3 is 2.53 bits per heavy atom. The van der Waals surface area contributed by atoms with Crippen LogP contribution in [0.3, 0.4) is 0 Å². The molecule has 1 aliphatic carbocycles. The molecule has 8 nitrogen and oxygen atoms in total. The van der Waals surface area contributed by atoms with Gasteiger partial charge in [-0.2, -0.15) is 5.10 Å². The zero-order valence-corrected chi connectivity index (χ0v) is 19.6. The Labute approximate surface area is 198 Å². The second kappa shape index (κ2) is 8.52.